The molecule has 12 heteroatoms. The molecular weight excluding hydrogens is 498 g/mol. The Kier molecular flexibility index (Phi) is 22.1. The molecule has 0 bridgehead atoms. The molecule has 0 spiro atoms. The van der Waals surface area contributed by atoms with Crippen molar-refractivity contribution in [2.45, 2.75) is 50.6 Å². The summed E-state index contributed by atoms with van der Waals surface area (Å²) in [4.78, 5) is 49.3. The Morgan fingerprint density at radius 2 is 1.29 bits per heavy atom. The Labute approximate surface area is 224 Å². The Morgan fingerprint density at radius 3 is 1.87 bits per heavy atom. The molecule has 0 aromatic heterocycles. The van der Waals surface area contributed by atoms with Gasteiger partial charge in [-0.3, -0.25) is 4.79 Å². The van der Waals surface area contributed by atoms with Crippen LogP contribution in [0.25, 0.3) is 0 Å². The van der Waals surface area contributed by atoms with Crippen LogP contribution < -0.4 is 16.0 Å². The normalized spacial score (nSPS) is 11.9. The molecular formula is C26H43N3O9. The number of nitrogens with one attached hydrogen (secondary N) is 3. The van der Waals surface area contributed by atoms with Gasteiger partial charge in [0.2, 0.25) is 0 Å². The Hall–Kier alpha value is -3.22. The number of hydrogen-bond donors (Lipinski definition) is 4. The highest BCUT2D eigenvalue weighted by atomic mass is 16.5. The topological polar surface area (TPSA) is 162 Å². The number of urea groups is 1. The SMILES string of the molecule is C=CCOC(=O)CCC(NC(=O)N[C@@H](CCCCNCCCOCCO)C(=O)OCC=C)C(=O)OCC=C. The first-order valence-electron chi connectivity index (χ1n) is 12.7. The van der Waals surface area contributed by atoms with Gasteiger partial charge in [0.25, 0.3) is 0 Å². The smallest absolute Gasteiger partial charge is 0.329 e. The van der Waals surface area contributed by atoms with Crippen molar-refractivity contribution in [3.8, 4) is 0 Å². The van der Waals surface area contributed by atoms with E-state index in [1.54, 1.807) is 0 Å². The van der Waals surface area contributed by atoms with E-state index >= 15 is 0 Å². The van der Waals surface area contributed by atoms with Gasteiger partial charge in [-0.2, -0.15) is 0 Å². The number of carbonyl (C=O) groups is 4. The third kappa shape index (κ3) is 19.0. The lowest BCUT2D eigenvalue weighted by Crippen LogP contribution is -2.52. The number of aliphatic hydroxyl groups excluding tert-OH is 1. The van der Waals surface area contributed by atoms with Crippen molar-refractivity contribution in [1.82, 2.24) is 16.0 Å². The molecule has 0 aliphatic carbocycles. The van der Waals surface area contributed by atoms with Crippen LogP contribution in [-0.4, -0.2) is 93.9 Å². The van der Waals surface area contributed by atoms with E-state index < -0.39 is 36.0 Å². The first kappa shape index (κ1) is 34.8. The summed E-state index contributed by atoms with van der Waals surface area (Å²) in [6.07, 6.45) is 6.47. The van der Waals surface area contributed by atoms with Crippen LogP contribution in [-0.2, 0) is 33.3 Å². The lowest BCUT2D eigenvalue weighted by atomic mass is 10.1. The van der Waals surface area contributed by atoms with E-state index in [0.29, 0.717) is 32.6 Å². The molecule has 216 valence electrons. The van der Waals surface area contributed by atoms with Gasteiger partial charge in [-0.05, 0) is 45.2 Å². The molecule has 0 fully saturated rings. The number of hydrogen-bond acceptors (Lipinski definition) is 10. The highest BCUT2D eigenvalue weighted by Crippen LogP contribution is 2.06. The fraction of sp³-hybridized carbons (Fsp3) is 0.615. The van der Waals surface area contributed by atoms with Crippen molar-refractivity contribution in [2.24, 2.45) is 0 Å². The number of esters is 3. The Bertz CT molecular complexity index is 731. The van der Waals surface area contributed by atoms with E-state index in [-0.39, 0.29) is 39.3 Å². The zero-order chi connectivity index (χ0) is 28.4. The summed E-state index contributed by atoms with van der Waals surface area (Å²) in [7, 11) is 0. The molecule has 1 unspecified atom stereocenters. The Balaban J connectivity index is 4.84. The molecule has 0 rings (SSSR count). The maximum Gasteiger partial charge on any atom is 0.329 e. The maximum absolute atomic E-state index is 12.7. The fourth-order valence-corrected chi connectivity index (χ4v) is 3.01. The van der Waals surface area contributed by atoms with E-state index in [0.717, 1.165) is 19.4 Å². The van der Waals surface area contributed by atoms with Gasteiger partial charge in [0.05, 0.1) is 13.2 Å². The summed E-state index contributed by atoms with van der Waals surface area (Å²) in [6.45, 7) is 12.7. The monoisotopic (exact) mass is 541 g/mol. The first-order chi connectivity index (χ1) is 18.4. The summed E-state index contributed by atoms with van der Waals surface area (Å²) < 4.78 is 20.2. The quantitative estimate of drug-likeness (QED) is 0.0604. The van der Waals surface area contributed by atoms with Crippen LogP contribution in [0, 0.1) is 0 Å². The zero-order valence-corrected chi connectivity index (χ0v) is 22.1. The zero-order valence-electron chi connectivity index (χ0n) is 22.1. The van der Waals surface area contributed by atoms with Crippen LogP contribution in [0.3, 0.4) is 0 Å². The van der Waals surface area contributed by atoms with Gasteiger partial charge in [0, 0.05) is 13.0 Å². The van der Waals surface area contributed by atoms with E-state index in [1.807, 2.05) is 0 Å². The van der Waals surface area contributed by atoms with Gasteiger partial charge in [-0.25, -0.2) is 14.4 Å². The maximum atomic E-state index is 12.7. The van der Waals surface area contributed by atoms with Crippen LogP contribution in [0.15, 0.2) is 38.0 Å². The predicted molar refractivity (Wildman–Crippen MR) is 141 cm³/mol. The molecule has 0 aliphatic rings. The van der Waals surface area contributed by atoms with E-state index in [1.165, 1.54) is 18.2 Å². The lowest BCUT2D eigenvalue weighted by Gasteiger charge is -2.21. The molecule has 0 aliphatic heterocycles. The summed E-state index contributed by atoms with van der Waals surface area (Å²) in [6, 6.07) is -2.89. The number of rotatable bonds is 24. The van der Waals surface area contributed by atoms with Crippen LogP contribution in [0.2, 0.25) is 0 Å². The highest BCUT2D eigenvalue weighted by Gasteiger charge is 2.27. The van der Waals surface area contributed by atoms with Crippen LogP contribution in [0.1, 0.15) is 38.5 Å². The predicted octanol–water partition coefficient (Wildman–Crippen LogP) is 1.15. The van der Waals surface area contributed by atoms with Gasteiger partial charge in [0.1, 0.15) is 31.9 Å². The summed E-state index contributed by atoms with van der Waals surface area (Å²) in [5.74, 6) is -1.95. The standard InChI is InChI=1S/C26H43N3O9/c1-4-16-36-23(31)12-11-22(25(33)38-18-6-3)29-26(34)28-21(24(32)37-17-5-2)10-7-8-13-27-14-9-19-35-20-15-30/h4-6,21-22,27,30H,1-3,7-20H2,(H2,28,29,34)/t21-,22?/m0/s1. The molecule has 0 aromatic carbocycles. The summed E-state index contributed by atoms with van der Waals surface area (Å²) in [5.41, 5.74) is 0. The van der Waals surface area contributed by atoms with E-state index in [9.17, 15) is 19.2 Å². The second-order valence-electron chi connectivity index (χ2n) is 8.01. The molecule has 0 saturated heterocycles. The van der Waals surface area contributed by atoms with Crippen molar-refractivity contribution < 1.29 is 43.2 Å². The second kappa shape index (κ2) is 24.1. The summed E-state index contributed by atoms with van der Waals surface area (Å²) in [5, 5.41) is 16.9. The van der Waals surface area contributed by atoms with Crippen molar-refractivity contribution >= 4 is 23.9 Å². The molecule has 0 heterocycles. The third-order valence-electron chi connectivity index (χ3n) is 4.84. The molecule has 0 aromatic rings. The van der Waals surface area contributed by atoms with E-state index in [2.05, 4.69) is 35.7 Å². The minimum Gasteiger partial charge on any atom is -0.461 e. The van der Waals surface area contributed by atoms with Crippen molar-refractivity contribution in [3.05, 3.63) is 38.0 Å². The molecule has 2 amide bonds. The van der Waals surface area contributed by atoms with Crippen molar-refractivity contribution in [2.75, 3.05) is 52.7 Å². The van der Waals surface area contributed by atoms with Gasteiger partial charge in [-0.1, -0.05) is 38.0 Å². The second-order valence-corrected chi connectivity index (χ2v) is 8.01. The number of carbonyl (C=O) groups excluding carboxylic acids is 4. The number of ether oxygens (including phenoxy) is 4. The van der Waals surface area contributed by atoms with Gasteiger partial charge >= 0.3 is 23.9 Å². The number of amides is 2. The molecule has 4 N–H and O–H groups in total. The van der Waals surface area contributed by atoms with E-state index in [4.69, 9.17) is 24.1 Å². The third-order valence-corrected chi connectivity index (χ3v) is 4.84. The van der Waals surface area contributed by atoms with Crippen molar-refractivity contribution in [1.29, 1.82) is 0 Å². The molecule has 38 heavy (non-hydrogen) atoms. The molecule has 0 radical (unpaired) electrons. The molecule has 12 nitrogen and oxygen atoms in total. The van der Waals surface area contributed by atoms with Crippen LogP contribution >= 0.6 is 0 Å². The van der Waals surface area contributed by atoms with Crippen LogP contribution in [0.4, 0.5) is 4.79 Å². The Morgan fingerprint density at radius 1 is 0.737 bits per heavy atom. The average Bonchev–Trinajstić information content (AvgIpc) is 2.91. The molecule has 0 saturated carbocycles. The van der Waals surface area contributed by atoms with Crippen molar-refractivity contribution in [3.63, 3.8) is 0 Å². The lowest BCUT2D eigenvalue weighted by molar-refractivity contribution is -0.146. The van der Waals surface area contributed by atoms with Gasteiger partial charge in [-0.15, -0.1) is 0 Å². The first-order valence-corrected chi connectivity index (χ1v) is 12.7. The largest absolute Gasteiger partial charge is 0.461 e. The minimum absolute atomic E-state index is 0.000670. The molecule has 2 atom stereocenters. The fourth-order valence-electron chi connectivity index (χ4n) is 3.01. The highest BCUT2D eigenvalue weighted by molar-refractivity contribution is 5.87. The average molecular weight is 542 g/mol. The summed E-state index contributed by atoms with van der Waals surface area (Å²) >= 11 is 0. The van der Waals surface area contributed by atoms with Gasteiger partial charge in [0.15, 0.2) is 0 Å². The number of unbranched alkanes of at least 4 members (excludes halogenated alkanes) is 1. The van der Waals surface area contributed by atoms with Gasteiger partial charge < -0.3 is 40.0 Å². The van der Waals surface area contributed by atoms with Crippen LogP contribution in [0.5, 0.6) is 0 Å². The number of aliphatic hydroxyl groups is 1. The minimum atomic E-state index is -1.15.